The van der Waals surface area contributed by atoms with E-state index in [0.29, 0.717) is 13.2 Å². The van der Waals surface area contributed by atoms with Gasteiger partial charge >= 0.3 is 5.97 Å². The number of hydrogen-bond acceptors (Lipinski definition) is 3. The third-order valence-electron chi connectivity index (χ3n) is 2.12. The van der Waals surface area contributed by atoms with Gasteiger partial charge in [0.1, 0.15) is 6.61 Å². The van der Waals surface area contributed by atoms with Gasteiger partial charge in [-0.3, -0.25) is 4.79 Å². The third-order valence-corrected chi connectivity index (χ3v) is 2.12. The van der Waals surface area contributed by atoms with Crippen molar-refractivity contribution in [1.29, 1.82) is 0 Å². The van der Waals surface area contributed by atoms with E-state index in [1.165, 1.54) is 12.5 Å². The fraction of sp³-hybridized carbons (Fsp3) is 0.417. The number of para-hydroxylation sites is 1. The Labute approximate surface area is 90.4 Å². The number of nitrogens with one attached hydrogen (secondary N) is 1. The van der Waals surface area contributed by atoms with E-state index in [4.69, 9.17) is 4.74 Å². The highest BCUT2D eigenvalue weighted by molar-refractivity contribution is 5.65. The number of benzene rings is 1. The highest BCUT2D eigenvalue weighted by Crippen LogP contribution is 2.14. The van der Waals surface area contributed by atoms with Crippen LogP contribution in [0.15, 0.2) is 24.3 Å². The van der Waals surface area contributed by atoms with Gasteiger partial charge in [0, 0.05) is 19.2 Å². The molecular formula is C12H17NO2. The predicted molar refractivity (Wildman–Crippen MR) is 60.9 cm³/mol. The Morgan fingerprint density at radius 3 is 2.80 bits per heavy atom. The molecule has 0 fully saturated rings. The van der Waals surface area contributed by atoms with Gasteiger partial charge in [0.2, 0.25) is 0 Å². The molecule has 0 unspecified atom stereocenters. The Bertz CT molecular complexity index is 323. The summed E-state index contributed by atoms with van der Waals surface area (Å²) in [6.45, 7) is 4.59. The van der Waals surface area contributed by atoms with Crippen LogP contribution in [0.1, 0.15) is 19.4 Å². The minimum atomic E-state index is -0.236. The summed E-state index contributed by atoms with van der Waals surface area (Å²) in [4.78, 5) is 10.5. The molecule has 0 atom stereocenters. The zero-order valence-electron chi connectivity index (χ0n) is 9.25. The van der Waals surface area contributed by atoms with Crippen molar-refractivity contribution < 1.29 is 9.53 Å². The van der Waals surface area contributed by atoms with E-state index in [-0.39, 0.29) is 5.97 Å². The van der Waals surface area contributed by atoms with Crippen LogP contribution in [0.3, 0.4) is 0 Å². The van der Waals surface area contributed by atoms with Crippen molar-refractivity contribution in [3.8, 4) is 0 Å². The molecule has 0 heterocycles. The first-order chi connectivity index (χ1) is 7.24. The van der Waals surface area contributed by atoms with Crippen LogP contribution in [-0.4, -0.2) is 19.1 Å². The van der Waals surface area contributed by atoms with E-state index in [2.05, 4.69) is 18.3 Å². The summed E-state index contributed by atoms with van der Waals surface area (Å²) < 4.78 is 4.84. The van der Waals surface area contributed by atoms with E-state index in [0.717, 1.165) is 12.1 Å². The summed E-state index contributed by atoms with van der Waals surface area (Å²) in [5.41, 5.74) is 2.40. The molecule has 82 valence electrons. The molecule has 3 heteroatoms. The molecule has 0 bridgehead atoms. The molecule has 1 aromatic rings. The maximum Gasteiger partial charge on any atom is 0.302 e. The average Bonchev–Trinajstić information content (AvgIpc) is 2.24. The molecule has 0 radical (unpaired) electrons. The van der Waals surface area contributed by atoms with Crippen LogP contribution < -0.4 is 5.32 Å². The summed E-state index contributed by atoms with van der Waals surface area (Å²) in [6.07, 6.45) is 0.997. The van der Waals surface area contributed by atoms with Gasteiger partial charge < -0.3 is 10.1 Å². The summed E-state index contributed by atoms with van der Waals surface area (Å²) >= 11 is 0. The van der Waals surface area contributed by atoms with Gasteiger partial charge in [-0.1, -0.05) is 25.1 Å². The van der Waals surface area contributed by atoms with Gasteiger partial charge in [-0.2, -0.15) is 0 Å². The molecule has 0 aromatic heterocycles. The molecule has 3 nitrogen and oxygen atoms in total. The van der Waals surface area contributed by atoms with E-state index in [9.17, 15) is 4.79 Å². The van der Waals surface area contributed by atoms with Crippen molar-refractivity contribution in [3.63, 3.8) is 0 Å². The highest BCUT2D eigenvalue weighted by atomic mass is 16.5. The first-order valence-electron chi connectivity index (χ1n) is 5.19. The normalized spacial score (nSPS) is 9.73. The molecule has 0 aliphatic carbocycles. The van der Waals surface area contributed by atoms with Crippen LogP contribution in [-0.2, 0) is 16.0 Å². The molecule has 0 aliphatic heterocycles. The SMILES string of the molecule is CCc1ccccc1NCCOC(C)=O. The highest BCUT2D eigenvalue weighted by Gasteiger charge is 1.98. The Balaban J connectivity index is 2.39. The van der Waals surface area contributed by atoms with Gasteiger partial charge in [-0.05, 0) is 18.1 Å². The first kappa shape index (κ1) is 11.6. The summed E-state index contributed by atoms with van der Waals surface area (Å²) in [7, 11) is 0. The van der Waals surface area contributed by atoms with Crippen molar-refractivity contribution in [2.75, 3.05) is 18.5 Å². The Morgan fingerprint density at radius 2 is 2.13 bits per heavy atom. The molecule has 1 N–H and O–H groups in total. The van der Waals surface area contributed by atoms with E-state index < -0.39 is 0 Å². The molecule has 15 heavy (non-hydrogen) atoms. The van der Waals surface area contributed by atoms with Crippen molar-refractivity contribution in [1.82, 2.24) is 0 Å². The van der Waals surface area contributed by atoms with E-state index >= 15 is 0 Å². The number of carbonyl (C=O) groups is 1. The number of hydrogen-bond donors (Lipinski definition) is 1. The molecule has 0 spiro atoms. The lowest BCUT2D eigenvalue weighted by atomic mass is 10.1. The quantitative estimate of drug-likeness (QED) is 0.594. The lowest BCUT2D eigenvalue weighted by Crippen LogP contribution is -2.12. The van der Waals surface area contributed by atoms with E-state index in [1.807, 2.05) is 18.2 Å². The smallest absolute Gasteiger partial charge is 0.302 e. The van der Waals surface area contributed by atoms with Gasteiger partial charge in [0.25, 0.3) is 0 Å². The molecule has 0 amide bonds. The lowest BCUT2D eigenvalue weighted by Gasteiger charge is -2.10. The fourth-order valence-corrected chi connectivity index (χ4v) is 1.38. The number of aryl methyl sites for hydroxylation is 1. The number of anilines is 1. The topological polar surface area (TPSA) is 38.3 Å². The molecule has 0 saturated carbocycles. The second-order valence-corrected chi connectivity index (χ2v) is 3.28. The molecule has 0 aliphatic rings. The van der Waals surface area contributed by atoms with Crippen molar-refractivity contribution in [2.45, 2.75) is 20.3 Å². The second kappa shape index (κ2) is 6.06. The minimum Gasteiger partial charge on any atom is -0.464 e. The monoisotopic (exact) mass is 207 g/mol. The van der Waals surface area contributed by atoms with Gasteiger partial charge in [-0.15, -0.1) is 0 Å². The lowest BCUT2D eigenvalue weighted by molar-refractivity contribution is -0.140. The first-order valence-corrected chi connectivity index (χ1v) is 5.19. The predicted octanol–water partition coefficient (Wildman–Crippen LogP) is 2.22. The van der Waals surface area contributed by atoms with Gasteiger partial charge in [0.15, 0.2) is 0 Å². The summed E-state index contributed by atoms with van der Waals surface area (Å²) in [5.74, 6) is -0.236. The van der Waals surface area contributed by atoms with Crippen LogP contribution in [0.5, 0.6) is 0 Å². The van der Waals surface area contributed by atoms with Crippen LogP contribution in [0.25, 0.3) is 0 Å². The number of esters is 1. The zero-order valence-corrected chi connectivity index (χ0v) is 9.25. The average molecular weight is 207 g/mol. The van der Waals surface area contributed by atoms with Gasteiger partial charge in [-0.25, -0.2) is 0 Å². The molecule has 1 aromatic carbocycles. The maximum absolute atomic E-state index is 10.5. The van der Waals surface area contributed by atoms with Crippen LogP contribution in [0.2, 0.25) is 0 Å². The van der Waals surface area contributed by atoms with Crippen LogP contribution in [0, 0.1) is 0 Å². The fourth-order valence-electron chi connectivity index (χ4n) is 1.38. The number of carbonyl (C=O) groups excluding carboxylic acids is 1. The molecular weight excluding hydrogens is 190 g/mol. The Hall–Kier alpha value is -1.51. The Kier molecular flexibility index (Phi) is 4.68. The minimum absolute atomic E-state index is 0.236. The maximum atomic E-state index is 10.5. The standard InChI is InChI=1S/C12H17NO2/c1-3-11-6-4-5-7-12(11)13-8-9-15-10(2)14/h4-7,13H,3,8-9H2,1-2H3. The van der Waals surface area contributed by atoms with Crippen molar-refractivity contribution >= 4 is 11.7 Å². The summed E-state index contributed by atoms with van der Waals surface area (Å²) in [5, 5.41) is 3.24. The third kappa shape index (κ3) is 4.02. The Morgan fingerprint density at radius 1 is 1.40 bits per heavy atom. The molecule has 1 rings (SSSR count). The summed E-state index contributed by atoms with van der Waals surface area (Å²) in [6, 6.07) is 8.14. The van der Waals surface area contributed by atoms with Crippen molar-refractivity contribution in [2.24, 2.45) is 0 Å². The second-order valence-electron chi connectivity index (χ2n) is 3.28. The van der Waals surface area contributed by atoms with E-state index in [1.54, 1.807) is 0 Å². The largest absolute Gasteiger partial charge is 0.464 e. The van der Waals surface area contributed by atoms with Gasteiger partial charge in [0.05, 0.1) is 0 Å². The van der Waals surface area contributed by atoms with Crippen molar-refractivity contribution in [3.05, 3.63) is 29.8 Å². The van der Waals surface area contributed by atoms with Crippen LogP contribution >= 0.6 is 0 Å². The molecule has 0 saturated heterocycles. The zero-order chi connectivity index (χ0) is 11.1. The number of ether oxygens (including phenoxy) is 1. The van der Waals surface area contributed by atoms with Crippen LogP contribution in [0.4, 0.5) is 5.69 Å². The number of rotatable bonds is 5.